The number of para-hydroxylation sites is 1. The lowest BCUT2D eigenvalue weighted by Crippen LogP contribution is -2.34. The van der Waals surface area contributed by atoms with Crippen LogP contribution in [0.25, 0.3) is 11.0 Å². The van der Waals surface area contributed by atoms with Crippen LogP contribution >= 0.6 is 11.6 Å². The van der Waals surface area contributed by atoms with Crippen molar-refractivity contribution in [2.45, 2.75) is 51.7 Å². The molecule has 0 aliphatic carbocycles. The van der Waals surface area contributed by atoms with Gasteiger partial charge in [-0.2, -0.15) is 0 Å². The third-order valence-electron chi connectivity index (χ3n) is 7.92. The van der Waals surface area contributed by atoms with Crippen molar-refractivity contribution in [3.05, 3.63) is 53.3 Å². The zero-order valence-electron chi connectivity index (χ0n) is 22.4. The third-order valence-corrected chi connectivity index (χ3v) is 8.17. The maximum atomic E-state index is 6.40. The van der Waals surface area contributed by atoms with Gasteiger partial charge in [0, 0.05) is 30.6 Å². The summed E-state index contributed by atoms with van der Waals surface area (Å²) >= 11 is 6.06. The van der Waals surface area contributed by atoms with E-state index in [4.69, 9.17) is 26.1 Å². The molecule has 0 bridgehead atoms. The maximum Gasteiger partial charge on any atom is 0.148 e. The minimum atomic E-state index is 0.412. The van der Waals surface area contributed by atoms with Crippen molar-refractivity contribution >= 4 is 22.6 Å². The van der Waals surface area contributed by atoms with E-state index in [1.165, 1.54) is 51.7 Å². The van der Waals surface area contributed by atoms with E-state index in [1.54, 1.807) is 0 Å². The second kappa shape index (κ2) is 12.5. The monoisotopic (exact) mass is 524 g/mol. The molecule has 7 heteroatoms. The van der Waals surface area contributed by atoms with Gasteiger partial charge in [0.05, 0.1) is 12.1 Å². The fourth-order valence-corrected chi connectivity index (χ4v) is 6.11. The number of hydrogen-bond donors (Lipinski definition) is 0. The molecule has 6 nitrogen and oxygen atoms in total. The average molecular weight is 525 g/mol. The van der Waals surface area contributed by atoms with Crippen molar-refractivity contribution < 1.29 is 9.47 Å². The standard InChI is InChI=1S/C30H41ClN4O2/c1-33-16-4-7-23(19-33)8-6-18-35-27-10-3-11-28(37-21-24-9-5-17-34(2)20-24)30(27)32-29(35)22-36-26-14-12-25(31)13-15-26/h3,10-15,23-24H,4-9,16-22H2,1-2H3. The number of hydrogen-bond acceptors (Lipinski definition) is 5. The molecule has 0 saturated carbocycles. The van der Waals surface area contributed by atoms with Crippen LogP contribution in [-0.4, -0.2) is 66.2 Å². The van der Waals surface area contributed by atoms with Crippen LogP contribution < -0.4 is 9.47 Å². The first-order valence-corrected chi connectivity index (χ1v) is 14.3. The highest BCUT2D eigenvalue weighted by Gasteiger charge is 2.21. The second-order valence-corrected chi connectivity index (χ2v) is 11.5. The van der Waals surface area contributed by atoms with Crippen LogP contribution in [0.4, 0.5) is 0 Å². The molecule has 0 radical (unpaired) electrons. The first kappa shape index (κ1) is 26.3. The van der Waals surface area contributed by atoms with E-state index >= 15 is 0 Å². The molecule has 2 saturated heterocycles. The summed E-state index contributed by atoms with van der Waals surface area (Å²) < 4.78 is 14.9. The van der Waals surface area contributed by atoms with E-state index in [0.717, 1.165) is 60.4 Å². The summed E-state index contributed by atoms with van der Waals surface area (Å²) in [5, 5.41) is 0.707. The predicted octanol–water partition coefficient (Wildman–Crippen LogP) is 6.11. The first-order chi connectivity index (χ1) is 18.0. The minimum Gasteiger partial charge on any atom is -0.491 e. The number of ether oxygens (including phenoxy) is 2. The summed E-state index contributed by atoms with van der Waals surface area (Å²) in [5.41, 5.74) is 2.08. The van der Waals surface area contributed by atoms with Crippen molar-refractivity contribution in [2.75, 3.05) is 46.9 Å². The van der Waals surface area contributed by atoms with E-state index in [2.05, 4.69) is 46.7 Å². The van der Waals surface area contributed by atoms with Crippen molar-refractivity contribution in [1.29, 1.82) is 0 Å². The van der Waals surface area contributed by atoms with Gasteiger partial charge in [-0.05, 0) is 108 Å². The Balaban J connectivity index is 1.33. The van der Waals surface area contributed by atoms with Gasteiger partial charge in [-0.15, -0.1) is 0 Å². The molecule has 200 valence electrons. The molecule has 2 aliphatic heterocycles. The first-order valence-electron chi connectivity index (χ1n) is 13.9. The van der Waals surface area contributed by atoms with Gasteiger partial charge in [-0.25, -0.2) is 4.98 Å². The number of likely N-dealkylation sites (tertiary alicyclic amines) is 2. The average Bonchev–Trinajstić information content (AvgIpc) is 3.25. The number of imidazole rings is 1. The van der Waals surface area contributed by atoms with Crippen molar-refractivity contribution in [3.8, 4) is 11.5 Å². The largest absolute Gasteiger partial charge is 0.491 e. The van der Waals surface area contributed by atoms with E-state index in [0.29, 0.717) is 17.5 Å². The fourth-order valence-electron chi connectivity index (χ4n) is 5.99. The highest BCUT2D eigenvalue weighted by molar-refractivity contribution is 6.30. The zero-order valence-corrected chi connectivity index (χ0v) is 23.1. The molecule has 37 heavy (non-hydrogen) atoms. The molecule has 0 spiro atoms. The van der Waals surface area contributed by atoms with Crippen LogP contribution in [-0.2, 0) is 13.2 Å². The number of rotatable bonds is 10. The fraction of sp³-hybridized carbons (Fsp3) is 0.567. The Labute approximate surface area is 226 Å². The number of benzene rings is 2. The van der Waals surface area contributed by atoms with Crippen LogP contribution in [0.5, 0.6) is 11.5 Å². The van der Waals surface area contributed by atoms with Gasteiger partial charge < -0.3 is 23.8 Å². The van der Waals surface area contributed by atoms with Crippen molar-refractivity contribution in [2.24, 2.45) is 11.8 Å². The van der Waals surface area contributed by atoms with E-state index in [-0.39, 0.29) is 0 Å². The van der Waals surface area contributed by atoms with Gasteiger partial charge in [0.2, 0.25) is 0 Å². The summed E-state index contributed by atoms with van der Waals surface area (Å²) in [6.45, 7) is 6.82. The van der Waals surface area contributed by atoms with Crippen LogP contribution in [0.1, 0.15) is 44.3 Å². The number of piperidine rings is 2. The molecule has 3 heterocycles. The molecule has 1 aromatic heterocycles. The van der Waals surface area contributed by atoms with Crippen LogP contribution in [0, 0.1) is 11.8 Å². The highest BCUT2D eigenvalue weighted by Crippen LogP contribution is 2.29. The SMILES string of the molecule is CN1CCCC(CCCn2c(COc3ccc(Cl)cc3)nc3c(OCC4CCCN(C)C4)cccc32)C1. The van der Waals surface area contributed by atoms with Crippen LogP contribution in [0.15, 0.2) is 42.5 Å². The summed E-state index contributed by atoms with van der Waals surface area (Å²) in [4.78, 5) is 9.95. The van der Waals surface area contributed by atoms with E-state index < -0.39 is 0 Å². The van der Waals surface area contributed by atoms with Gasteiger partial charge >= 0.3 is 0 Å². The number of aryl methyl sites for hydroxylation is 1. The lowest BCUT2D eigenvalue weighted by molar-refractivity contribution is 0.151. The maximum absolute atomic E-state index is 6.40. The molecular weight excluding hydrogens is 484 g/mol. The van der Waals surface area contributed by atoms with Crippen LogP contribution in [0.2, 0.25) is 5.02 Å². The van der Waals surface area contributed by atoms with Gasteiger partial charge in [0.1, 0.15) is 29.4 Å². The lowest BCUT2D eigenvalue weighted by atomic mass is 9.94. The Bertz CT molecular complexity index is 1150. The molecule has 2 aromatic carbocycles. The summed E-state index contributed by atoms with van der Waals surface area (Å²) in [6, 6.07) is 13.9. The normalized spacial score (nSPS) is 21.4. The molecule has 0 amide bonds. The van der Waals surface area contributed by atoms with Gasteiger partial charge in [0.25, 0.3) is 0 Å². The molecule has 2 fully saturated rings. The minimum absolute atomic E-state index is 0.412. The number of aromatic nitrogens is 2. The Morgan fingerprint density at radius 1 is 0.919 bits per heavy atom. The molecule has 2 atom stereocenters. The van der Waals surface area contributed by atoms with Crippen LogP contribution in [0.3, 0.4) is 0 Å². The quantitative estimate of drug-likeness (QED) is 0.320. The van der Waals surface area contributed by atoms with Crippen molar-refractivity contribution in [1.82, 2.24) is 19.4 Å². The Morgan fingerprint density at radius 3 is 2.41 bits per heavy atom. The second-order valence-electron chi connectivity index (χ2n) is 11.0. The lowest BCUT2D eigenvalue weighted by Gasteiger charge is -2.29. The Hall–Kier alpha value is -2.28. The smallest absolute Gasteiger partial charge is 0.148 e. The van der Waals surface area contributed by atoms with Gasteiger partial charge in [-0.1, -0.05) is 17.7 Å². The van der Waals surface area contributed by atoms with E-state index in [9.17, 15) is 0 Å². The molecule has 3 aromatic rings. The molecular formula is C30H41ClN4O2. The highest BCUT2D eigenvalue weighted by atomic mass is 35.5. The summed E-state index contributed by atoms with van der Waals surface area (Å²) in [6.07, 6.45) is 7.50. The Morgan fingerprint density at radius 2 is 1.65 bits per heavy atom. The third kappa shape index (κ3) is 6.98. The van der Waals surface area contributed by atoms with Gasteiger partial charge in [-0.3, -0.25) is 0 Å². The number of halogens is 1. The summed E-state index contributed by atoms with van der Waals surface area (Å²) in [5.74, 6) is 3.98. The number of fused-ring (bicyclic) bond motifs is 1. The summed E-state index contributed by atoms with van der Waals surface area (Å²) in [7, 11) is 4.45. The molecule has 2 unspecified atom stereocenters. The van der Waals surface area contributed by atoms with Crippen molar-refractivity contribution in [3.63, 3.8) is 0 Å². The molecule has 5 rings (SSSR count). The van der Waals surface area contributed by atoms with E-state index in [1.807, 2.05) is 24.3 Å². The zero-order chi connectivity index (χ0) is 25.6. The van der Waals surface area contributed by atoms with Gasteiger partial charge in [0.15, 0.2) is 0 Å². The molecule has 2 aliphatic rings. The Kier molecular flexibility index (Phi) is 8.90. The predicted molar refractivity (Wildman–Crippen MR) is 151 cm³/mol. The molecule has 0 N–H and O–H groups in total. The number of nitrogens with zero attached hydrogens (tertiary/aromatic N) is 4. The topological polar surface area (TPSA) is 42.8 Å².